The molecule has 2 heteroatoms. The van der Waals surface area contributed by atoms with Crippen LogP contribution in [0.25, 0.3) is 0 Å². The Hall–Kier alpha value is -0.340. The molecule has 2 unspecified atom stereocenters. The van der Waals surface area contributed by atoms with Crippen LogP contribution in [0.15, 0.2) is 22.7 Å². The molecule has 0 saturated heterocycles. The summed E-state index contributed by atoms with van der Waals surface area (Å²) in [6, 6.07) is 7.14. The number of rotatable bonds is 2. The van der Waals surface area contributed by atoms with E-state index in [0.717, 1.165) is 0 Å². The zero-order valence-corrected chi connectivity index (χ0v) is 11.0. The van der Waals surface area contributed by atoms with E-state index in [1.165, 1.54) is 34.9 Å². The smallest absolute Gasteiger partial charge is 0.0213 e. The molecule has 1 aromatic carbocycles. The molecule has 2 atom stereocenters. The fourth-order valence-corrected chi connectivity index (χ4v) is 3.27. The Labute approximate surface area is 100 Å². The number of hydrogen-bond donors (Lipinski definition) is 1. The van der Waals surface area contributed by atoms with Crippen molar-refractivity contribution in [1.29, 1.82) is 0 Å². The second-order valence-electron chi connectivity index (χ2n) is 4.39. The predicted molar refractivity (Wildman–Crippen MR) is 68.3 cm³/mol. The van der Waals surface area contributed by atoms with Gasteiger partial charge in [0.2, 0.25) is 0 Å². The van der Waals surface area contributed by atoms with Crippen LogP contribution in [0.1, 0.15) is 36.8 Å². The van der Waals surface area contributed by atoms with Gasteiger partial charge in [-0.3, -0.25) is 0 Å². The van der Waals surface area contributed by atoms with Crippen molar-refractivity contribution in [1.82, 2.24) is 5.32 Å². The third kappa shape index (κ3) is 2.11. The topological polar surface area (TPSA) is 12.0 Å². The molecule has 1 aliphatic rings. The van der Waals surface area contributed by atoms with Gasteiger partial charge in [-0.25, -0.2) is 0 Å². The zero-order chi connectivity index (χ0) is 10.8. The molecule has 1 aliphatic carbocycles. The van der Waals surface area contributed by atoms with E-state index in [9.17, 15) is 0 Å². The number of aryl methyl sites for hydroxylation is 1. The van der Waals surface area contributed by atoms with E-state index in [1.54, 1.807) is 0 Å². The maximum Gasteiger partial charge on any atom is 0.0213 e. The van der Waals surface area contributed by atoms with Gasteiger partial charge in [0.25, 0.3) is 0 Å². The SMILES string of the molecule is CNC(C)C1CCCc2cccc(Br)c21. The molecule has 0 aliphatic heterocycles. The van der Waals surface area contributed by atoms with Crippen LogP contribution in [0.5, 0.6) is 0 Å². The Bertz CT molecular complexity index is 348. The molecule has 82 valence electrons. The third-order valence-corrected chi connectivity index (χ3v) is 4.23. The molecule has 0 amide bonds. The fourth-order valence-electron chi connectivity index (χ4n) is 2.57. The number of benzene rings is 1. The van der Waals surface area contributed by atoms with Crippen molar-refractivity contribution in [2.45, 2.75) is 38.1 Å². The predicted octanol–water partition coefficient (Wildman–Crippen LogP) is 3.48. The Kier molecular flexibility index (Phi) is 3.47. The lowest BCUT2D eigenvalue weighted by Crippen LogP contribution is -2.31. The fraction of sp³-hybridized carbons (Fsp3) is 0.538. The minimum atomic E-state index is 0.558. The summed E-state index contributed by atoms with van der Waals surface area (Å²) in [5, 5.41) is 3.38. The van der Waals surface area contributed by atoms with Crippen LogP contribution in [0.2, 0.25) is 0 Å². The van der Waals surface area contributed by atoms with Crippen molar-refractivity contribution in [2.75, 3.05) is 7.05 Å². The Morgan fingerprint density at radius 1 is 1.47 bits per heavy atom. The van der Waals surface area contributed by atoms with Gasteiger partial charge < -0.3 is 5.32 Å². The van der Waals surface area contributed by atoms with E-state index in [1.807, 2.05) is 0 Å². The lowest BCUT2D eigenvalue weighted by molar-refractivity contribution is 0.436. The maximum absolute atomic E-state index is 3.69. The van der Waals surface area contributed by atoms with Crippen LogP contribution in [-0.4, -0.2) is 13.1 Å². The number of nitrogens with one attached hydrogen (secondary N) is 1. The van der Waals surface area contributed by atoms with Crippen LogP contribution in [0.3, 0.4) is 0 Å². The summed E-state index contributed by atoms with van der Waals surface area (Å²) in [6.07, 6.45) is 3.86. The van der Waals surface area contributed by atoms with Crippen LogP contribution < -0.4 is 5.32 Å². The lowest BCUT2D eigenvalue weighted by Gasteiger charge is -2.31. The molecule has 0 saturated carbocycles. The van der Waals surface area contributed by atoms with E-state index < -0.39 is 0 Å². The molecule has 0 heterocycles. The highest BCUT2D eigenvalue weighted by atomic mass is 79.9. The second-order valence-corrected chi connectivity index (χ2v) is 5.24. The standard InChI is InChI=1S/C13H18BrN/c1-9(15-2)11-7-3-5-10-6-4-8-12(14)13(10)11/h4,6,8-9,11,15H,3,5,7H2,1-2H3. The van der Waals surface area contributed by atoms with Crippen molar-refractivity contribution in [3.05, 3.63) is 33.8 Å². The largest absolute Gasteiger partial charge is 0.317 e. The van der Waals surface area contributed by atoms with Gasteiger partial charge in [-0.15, -0.1) is 0 Å². The number of fused-ring (bicyclic) bond motifs is 1. The first-order valence-electron chi connectivity index (χ1n) is 5.68. The zero-order valence-electron chi connectivity index (χ0n) is 9.39. The van der Waals surface area contributed by atoms with Crippen LogP contribution in [0, 0.1) is 0 Å². The molecule has 0 aromatic heterocycles. The Morgan fingerprint density at radius 3 is 3.00 bits per heavy atom. The van der Waals surface area contributed by atoms with Crippen LogP contribution in [0.4, 0.5) is 0 Å². The van der Waals surface area contributed by atoms with E-state index in [2.05, 4.69) is 53.4 Å². The minimum Gasteiger partial charge on any atom is -0.317 e. The number of likely N-dealkylation sites (N-methyl/N-ethyl adjacent to an activating group) is 1. The number of hydrogen-bond acceptors (Lipinski definition) is 1. The average molecular weight is 268 g/mol. The average Bonchev–Trinajstić information content (AvgIpc) is 2.28. The normalized spacial score (nSPS) is 22.2. The van der Waals surface area contributed by atoms with Gasteiger partial charge in [-0.2, -0.15) is 0 Å². The first-order chi connectivity index (χ1) is 7.24. The summed E-state index contributed by atoms with van der Waals surface area (Å²) in [5.74, 6) is 0.661. The molecule has 0 spiro atoms. The molecule has 0 fully saturated rings. The van der Waals surface area contributed by atoms with Crippen molar-refractivity contribution < 1.29 is 0 Å². The van der Waals surface area contributed by atoms with Gasteiger partial charge in [0, 0.05) is 16.4 Å². The van der Waals surface area contributed by atoms with Crippen molar-refractivity contribution in [3.63, 3.8) is 0 Å². The molecular weight excluding hydrogens is 250 g/mol. The molecule has 1 aromatic rings. The summed E-state index contributed by atoms with van der Waals surface area (Å²) in [6.45, 7) is 2.28. The molecule has 15 heavy (non-hydrogen) atoms. The molecule has 1 nitrogen and oxygen atoms in total. The van der Waals surface area contributed by atoms with Crippen molar-refractivity contribution in [3.8, 4) is 0 Å². The summed E-state index contributed by atoms with van der Waals surface area (Å²) in [7, 11) is 2.05. The van der Waals surface area contributed by atoms with Gasteiger partial charge in [0.05, 0.1) is 0 Å². The summed E-state index contributed by atoms with van der Waals surface area (Å²) in [4.78, 5) is 0. The monoisotopic (exact) mass is 267 g/mol. The van der Waals surface area contributed by atoms with Crippen molar-refractivity contribution in [2.24, 2.45) is 0 Å². The van der Waals surface area contributed by atoms with E-state index in [4.69, 9.17) is 0 Å². The maximum atomic E-state index is 3.69. The second kappa shape index (κ2) is 4.67. The Morgan fingerprint density at radius 2 is 2.27 bits per heavy atom. The first-order valence-corrected chi connectivity index (χ1v) is 6.48. The lowest BCUT2D eigenvalue weighted by atomic mass is 9.79. The van der Waals surface area contributed by atoms with E-state index in [-0.39, 0.29) is 0 Å². The molecule has 2 rings (SSSR count). The van der Waals surface area contributed by atoms with Gasteiger partial charge in [0.15, 0.2) is 0 Å². The van der Waals surface area contributed by atoms with Gasteiger partial charge >= 0.3 is 0 Å². The molecule has 0 radical (unpaired) electrons. The number of halogens is 1. The highest BCUT2D eigenvalue weighted by molar-refractivity contribution is 9.10. The summed E-state index contributed by atoms with van der Waals surface area (Å²) >= 11 is 3.69. The highest BCUT2D eigenvalue weighted by Crippen LogP contribution is 2.38. The van der Waals surface area contributed by atoms with Crippen LogP contribution >= 0.6 is 15.9 Å². The molecule has 1 N–H and O–H groups in total. The molecule has 0 bridgehead atoms. The first kappa shape index (κ1) is 11.2. The van der Waals surface area contributed by atoms with Gasteiger partial charge in [-0.05, 0) is 50.4 Å². The van der Waals surface area contributed by atoms with E-state index >= 15 is 0 Å². The van der Waals surface area contributed by atoms with Crippen molar-refractivity contribution >= 4 is 15.9 Å². The van der Waals surface area contributed by atoms with E-state index in [0.29, 0.717) is 12.0 Å². The third-order valence-electron chi connectivity index (χ3n) is 3.53. The quantitative estimate of drug-likeness (QED) is 0.866. The summed E-state index contributed by atoms with van der Waals surface area (Å²) < 4.78 is 1.28. The molecular formula is C13H18BrN. The van der Waals surface area contributed by atoms with Gasteiger partial charge in [-0.1, -0.05) is 28.1 Å². The van der Waals surface area contributed by atoms with Crippen LogP contribution in [-0.2, 0) is 6.42 Å². The Balaban J connectivity index is 2.40. The minimum absolute atomic E-state index is 0.558. The highest BCUT2D eigenvalue weighted by Gasteiger charge is 2.25. The summed E-state index contributed by atoms with van der Waals surface area (Å²) in [5.41, 5.74) is 3.06. The van der Waals surface area contributed by atoms with Gasteiger partial charge in [0.1, 0.15) is 0 Å².